The molecule has 0 amide bonds. The summed E-state index contributed by atoms with van der Waals surface area (Å²) in [5.74, 6) is 0. The van der Waals surface area contributed by atoms with E-state index in [1.807, 2.05) is 22.7 Å². The summed E-state index contributed by atoms with van der Waals surface area (Å²) in [6.07, 6.45) is 8.10. The molecule has 2 aromatic rings. The van der Waals surface area contributed by atoms with Gasteiger partial charge in [0, 0.05) is 9.75 Å². The van der Waals surface area contributed by atoms with Crippen LogP contribution in [0.15, 0.2) is 29.0 Å². The van der Waals surface area contributed by atoms with Crippen LogP contribution in [0.1, 0.15) is 44.6 Å². The minimum Gasteiger partial charge on any atom is -0.143 e. The second-order valence-corrected chi connectivity index (χ2v) is 6.28. The highest BCUT2D eigenvalue weighted by Gasteiger charge is 2.07. The zero-order chi connectivity index (χ0) is 11.9. The van der Waals surface area contributed by atoms with Crippen LogP contribution in [0.4, 0.5) is 0 Å². The molecule has 0 aliphatic carbocycles. The van der Waals surface area contributed by atoms with Crippen LogP contribution in [-0.2, 0) is 6.42 Å². The molecule has 0 aromatic carbocycles. The van der Waals surface area contributed by atoms with Crippen molar-refractivity contribution in [2.45, 2.75) is 45.4 Å². The molecule has 17 heavy (non-hydrogen) atoms. The first-order valence-electron chi connectivity index (χ1n) is 6.52. The van der Waals surface area contributed by atoms with Gasteiger partial charge in [0.15, 0.2) is 0 Å². The Morgan fingerprint density at radius 2 is 1.82 bits per heavy atom. The van der Waals surface area contributed by atoms with Crippen LogP contribution in [0.2, 0.25) is 0 Å². The number of unbranched alkanes of at least 4 members (excludes halogenated alkanes) is 4. The molecule has 2 heteroatoms. The smallest absolute Gasteiger partial charge is 0.0474 e. The van der Waals surface area contributed by atoms with Crippen LogP contribution in [0, 0.1) is 0 Å². The molecule has 0 atom stereocenters. The van der Waals surface area contributed by atoms with Crippen molar-refractivity contribution in [2.75, 3.05) is 0 Å². The standard InChI is InChI=1S/C15H20S2/c1-2-3-4-5-6-8-13-10-12-17-15(13)14-9-7-11-16-14/h7,9-12H,2-6,8H2,1H3. The first-order chi connectivity index (χ1) is 8.42. The summed E-state index contributed by atoms with van der Waals surface area (Å²) in [7, 11) is 0. The molecule has 0 saturated carbocycles. The monoisotopic (exact) mass is 264 g/mol. The molecule has 0 saturated heterocycles. The van der Waals surface area contributed by atoms with Gasteiger partial charge in [0.1, 0.15) is 0 Å². The van der Waals surface area contributed by atoms with E-state index in [1.165, 1.54) is 48.3 Å². The predicted molar refractivity (Wildman–Crippen MR) is 80.1 cm³/mol. The highest BCUT2D eigenvalue weighted by molar-refractivity contribution is 7.20. The lowest BCUT2D eigenvalue weighted by atomic mass is 10.1. The minimum absolute atomic E-state index is 1.25. The van der Waals surface area contributed by atoms with Gasteiger partial charge in [-0.15, -0.1) is 22.7 Å². The zero-order valence-corrected chi connectivity index (χ0v) is 12.1. The van der Waals surface area contributed by atoms with E-state index in [0.717, 1.165) is 0 Å². The molecule has 0 fully saturated rings. The Balaban J connectivity index is 1.87. The van der Waals surface area contributed by atoms with Crippen LogP contribution < -0.4 is 0 Å². The lowest BCUT2D eigenvalue weighted by Crippen LogP contribution is -1.85. The normalized spacial score (nSPS) is 10.9. The number of aryl methyl sites for hydroxylation is 1. The molecule has 0 aliphatic rings. The molecule has 2 heterocycles. The van der Waals surface area contributed by atoms with Gasteiger partial charge in [-0.2, -0.15) is 0 Å². The maximum atomic E-state index is 2.31. The average Bonchev–Trinajstić information content (AvgIpc) is 2.98. The van der Waals surface area contributed by atoms with Crippen LogP contribution in [0.3, 0.4) is 0 Å². The third kappa shape index (κ3) is 3.68. The second-order valence-electron chi connectivity index (χ2n) is 4.42. The first kappa shape index (κ1) is 12.8. The molecule has 0 aliphatic heterocycles. The maximum absolute atomic E-state index is 2.31. The topological polar surface area (TPSA) is 0 Å². The fourth-order valence-electron chi connectivity index (χ4n) is 2.08. The fraction of sp³-hybridized carbons (Fsp3) is 0.467. The zero-order valence-electron chi connectivity index (χ0n) is 10.4. The maximum Gasteiger partial charge on any atom is 0.0474 e. The van der Waals surface area contributed by atoms with Gasteiger partial charge in [0.2, 0.25) is 0 Å². The van der Waals surface area contributed by atoms with Crippen molar-refractivity contribution >= 4 is 22.7 Å². The molecule has 0 N–H and O–H groups in total. The molecular formula is C15H20S2. The van der Waals surface area contributed by atoms with E-state index in [4.69, 9.17) is 0 Å². The van der Waals surface area contributed by atoms with Crippen molar-refractivity contribution in [2.24, 2.45) is 0 Å². The van der Waals surface area contributed by atoms with Crippen molar-refractivity contribution in [1.29, 1.82) is 0 Å². The second kappa shape index (κ2) is 6.97. The van der Waals surface area contributed by atoms with E-state index in [1.54, 1.807) is 5.56 Å². The Kier molecular flexibility index (Phi) is 5.27. The van der Waals surface area contributed by atoms with Crippen molar-refractivity contribution in [3.63, 3.8) is 0 Å². The van der Waals surface area contributed by atoms with Crippen LogP contribution >= 0.6 is 22.7 Å². The molecule has 0 bridgehead atoms. The predicted octanol–water partition coefficient (Wildman–Crippen LogP) is 5.99. The van der Waals surface area contributed by atoms with Gasteiger partial charge in [-0.25, -0.2) is 0 Å². The summed E-state index contributed by atoms with van der Waals surface area (Å²) in [5, 5.41) is 4.40. The van der Waals surface area contributed by atoms with Crippen LogP contribution in [0.5, 0.6) is 0 Å². The van der Waals surface area contributed by atoms with Crippen LogP contribution in [-0.4, -0.2) is 0 Å². The summed E-state index contributed by atoms with van der Waals surface area (Å²) in [6, 6.07) is 6.68. The number of hydrogen-bond acceptors (Lipinski definition) is 2. The van der Waals surface area contributed by atoms with Crippen LogP contribution in [0.25, 0.3) is 9.75 Å². The molecular weight excluding hydrogens is 244 g/mol. The minimum atomic E-state index is 1.25. The molecule has 2 rings (SSSR count). The number of thiophene rings is 2. The number of rotatable bonds is 7. The van der Waals surface area contributed by atoms with E-state index in [2.05, 4.69) is 35.9 Å². The molecule has 0 unspecified atom stereocenters. The molecule has 2 aromatic heterocycles. The lowest BCUT2D eigenvalue weighted by molar-refractivity contribution is 0.633. The van der Waals surface area contributed by atoms with Crippen molar-refractivity contribution in [3.05, 3.63) is 34.5 Å². The molecule has 0 nitrogen and oxygen atoms in total. The lowest BCUT2D eigenvalue weighted by Gasteiger charge is -2.02. The van der Waals surface area contributed by atoms with Crippen molar-refractivity contribution < 1.29 is 0 Å². The van der Waals surface area contributed by atoms with Gasteiger partial charge in [-0.1, -0.05) is 38.7 Å². The van der Waals surface area contributed by atoms with Gasteiger partial charge < -0.3 is 0 Å². The van der Waals surface area contributed by atoms with Gasteiger partial charge in [0.05, 0.1) is 0 Å². The quantitative estimate of drug-likeness (QED) is 0.539. The largest absolute Gasteiger partial charge is 0.143 e. The summed E-state index contributed by atoms with van der Waals surface area (Å²) >= 11 is 3.74. The summed E-state index contributed by atoms with van der Waals surface area (Å²) in [5.41, 5.74) is 1.55. The fourth-order valence-corrected chi connectivity index (χ4v) is 3.94. The summed E-state index contributed by atoms with van der Waals surface area (Å²) < 4.78 is 0. The van der Waals surface area contributed by atoms with E-state index >= 15 is 0 Å². The van der Waals surface area contributed by atoms with Gasteiger partial charge in [-0.05, 0) is 41.3 Å². The Labute approximate surface area is 112 Å². The van der Waals surface area contributed by atoms with Gasteiger partial charge >= 0.3 is 0 Å². The van der Waals surface area contributed by atoms with E-state index < -0.39 is 0 Å². The third-order valence-corrected chi connectivity index (χ3v) is 5.05. The molecule has 92 valence electrons. The highest BCUT2D eigenvalue weighted by atomic mass is 32.1. The van der Waals surface area contributed by atoms with E-state index in [-0.39, 0.29) is 0 Å². The highest BCUT2D eigenvalue weighted by Crippen LogP contribution is 2.33. The SMILES string of the molecule is CCCCCCCc1ccsc1-c1cccs1. The van der Waals surface area contributed by atoms with Gasteiger partial charge in [0.25, 0.3) is 0 Å². The average molecular weight is 264 g/mol. The summed E-state index contributed by atoms with van der Waals surface area (Å²) in [4.78, 5) is 2.93. The number of hydrogen-bond donors (Lipinski definition) is 0. The Bertz CT molecular complexity index is 412. The van der Waals surface area contributed by atoms with Crippen molar-refractivity contribution in [3.8, 4) is 9.75 Å². The molecule has 0 radical (unpaired) electrons. The Hall–Kier alpha value is -0.600. The van der Waals surface area contributed by atoms with E-state index in [0.29, 0.717) is 0 Å². The summed E-state index contributed by atoms with van der Waals surface area (Å²) in [6.45, 7) is 2.27. The first-order valence-corrected chi connectivity index (χ1v) is 8.28. The van der Waals surface area contributed by atoms with E-state index in [9.17, 15) is 0 Å². The Morgan fingerprint density at radius 3 is 2.59 bits per heavy atom. The molecule has 0 spiro atoms. The van der Waals surface area contributed by atoms with Crippen molar-refractivity contribution in [1.82, 2.24) is 0 Å². The Morgan fingerprint density at radius 1 is 0.941 bits per heavy atom. The third-order valence-electron chi connectivity index (χ3n) is 3.04. The van der Waals surface area contributed by atoms with Gasteiger partial charge in [-0.3, -0.25) is 0 Å².